The van der Waals surface area contributed by atoms with Gasteiger partial charge in [-0.15, -0.1) is 0 Å². The van der Waals surface area contributed by atoms with E-state index in [1.165, 1.54) is 12.8 Å². The molecule has 2 heteroatoms. The first-order valence-electron chi connectivity index (χ1n) is 3.14. The Labute approximate surface area is 84.7 Å². The number of halogens is 1. The van der Waals surface area contributed by atoms with Gasteiger partial charge >= 0.3 is 23.1 Å². The molecule has 1 rings (SSSR count). The molecule has 1 aliphatic rings. The summed E-state index contributed by atoms with van der Waals surface area (Å²) in [6.45, 7) is 4.59. The van der Waals surface area contributed by atoms with E-state index in [-0.39, 0.29) is 40.0 Å². The van der Waals surface area contributed by atoms with Gasteiger partial charge in [0.2, 0.25) is 0 Å². The van der Waals surface area contributed by atoms with Crippen molar-refractivity contribution in [2.75, 3.05) is 0 Å². The van der Waals surface area contributed by atoms with Crippen molar-refractivity contribution in [3.05, 3.63) is 6.42 Å². The quantitative estimate of drug-likeness (QED) is 0.344. The van der Waals surface area contributed by atoms with Gasteiger partial charge in [0.15, 0.2) is 0 Å². The van der Waals surface area contributed by atoms with Crippen LogP contribution in [0.15, 0.2) is 0 Å². The predicted octanol–water partition coefficient (Wildman–Crippen LogP) is -1.12. The minimum Gasteiger partial charge on any atom is -1.00 e. The SMILES string of the molecule is CC1[CH-]C(C)CC1.[Br-].[Mg+2]. The summed E-state index contributed by atoms with van der Waals surface area (Å²) in [4.78, 5) is 0. The summed E-state index contributed by atoms with van der Waals surface area (Å²) in [5.41, 5.74) is 0. The largest absolute Gasteiger partial charge is 2.00 e. The van der Waals surface area contributed by atoms with Gasteiger partial charge in [0.05, 0.1) is 0 Å². The molecule has 0 N–H and O–H groups in total. The fourth-order valence-electron chi connectivity index (χ4n) is 1.28. The Balaban J connectivity index is 0. The van der Waals surface area contributed by atoms with Crippen LogP contribution in [0.4, 0.5) is 0 Å². The first-order valence-corrected chi connectivity index (χ1v) is 3.14. The van der Waals surface area contributed by atoms with Crippen LogP contribution < -0.4 is 17.0 Å². The Morgan fingerprint density at radius 1 is 1.11 bits per heavy atom. The number of hydrogen-bond acceptors (Lipinski definition) is 0. The minimum atomic E-state index is 0. The van der Waals surface area contributed by atoms with Gasteiger partial charge in [0.25, 0.3) is 0 Å². The normalized spacial score (nSPS) is 32.7. The Bertz CT molecular complexity index is 57.9. The van der Waals surface area contributed by atoms with Crippen LogP contribution in [0, 0.1) is 18.3 Å². The molecule has 0 nitrogen and oxygen atoms in total. The van der Waals surface area contributed by atoms with E-state index in [0.29, 0.717) is 0 Å². The van der Waals surface area contributed by atoms with Crippen LogP contribution >= 0.6 is 0 Å². The van der Waals surface area contributed by atoms with Crippen LogP contribution in [0.5, 0.6) is 0 Å². The molecule has 0 radical (unpaired) electrons. The van der Waals surface area contributed by atoms with E-state index in [1.54, 1.807) is 0 Å². The Hall–Kier alpha value is 1.25. The topological polar surface area (TPSA) is 0 Å². The molecule has 1 aliphatic carbocycles. The van der Waals surface area contributed by atoms with Gasteiger partial charge in [-0.3, -0.25) is 0 Å². The fraction of sp³-hybridized carbons (Fsp3) is 0.857. The molecule has 9 heavy (non-hydrogen) atoms. The predicted molar refractivity (Wildman–Crippen MR) is 37.6 cm³/mol. The standard InChI is InChI=1S/C7H13.BrH.Mg/c1-6-3-4-7(2)5-6;;/h5-7H,3-4H2,1-2H3;1H;/q-1;;+2/p-1. The summed E-state index contributed by atoms with van der Waals surface area (Å²) in [6, 6.07) is 0. The summed E-state index contributed by atoms with van der Waals surface area (Å²) in [5.74, 6) is 1.80. The third-order valence-corrected chi connectivity index (χ3v) is 1.73. The molecule has 1 saturated carbocycles. The third-order valence-electron chi connectivity index (χ3n) is 1.73. The van der Waals surface area contributed by atoms with Crippen molar-refractivity contribution < 1.29 is 17.0 Å². The van der Waals surface area contributed by atoms with Crippen LogP contribution in [0.2, 0.25) is 0 Å². The molecule has 2 atom stereocenters. The van der Waals surface area contributed by atoms with Crippen LogP contribution in [0.25, 0.3) is 0 Å². The van der Waals surface area contributed by atoms with Crippen molar-refractivity contribution in [2.45, 2.75) is 26.7 Å². The second-order valence-electron chi connectivity index (χ2n) is 2.72. The Morgan fingerprint density at radius 3 is 1.56 bits per heavy atom. The van der Waals surface area contributed by atoms with Crippen molar-refractivity contribution in [1.29, 1.82) is 0 Å². The maximum absolute atomic E-state index is 2.44. The summed E-state index contributed by atoms with van der Waals surface area (Å²) in [5, 5.41) is 0. The van der Waals surface area contributed by atoms with Crippen LogP contribution in [-0.4, -0.2) is 23.1 Å². The van der Waals surface area contributed by atoms with Gasteiger partial charge in [-0.05, 0) is 0 Å². The zero-order chi connectivity index (χ0) is 5.28. The molecule has 0 amide bonds. The Kier molecular flexibility index (Phi) is 8.57. The van der Waals surface area contributed by atoms with Crippen molar-refractivity contribution in [3.63, 3.8) is 0 Å². The molecule has 50 valence electrons. The average Bonchev–Trinajstić information content (AvgIpc) is 1.87. The van der Waals surface area contributed by atoms with Crippen molar-refractivity contribution >= 4 is 23.1 Å². The van der Waals surface area contributed by atoms with Crippen LogP contribution in [-0.2, 0) is 0 Å². The van der Waals surface area contributed by atoms with E-state index in [4.69, 9.17) is 0 Å². The van der Waals surface area contributed by atoms with Gasteiger partial charge in [-0.1, -0.05) is 26.7 Å². The molecule has 1 fully saturated rings. The molecule has 0 spiro atoms. The first-order chi connectivity index (χ1) is 3.29. The molecule has 0 aromatic heterocycles. The summed E-state index contributed by atoms with van der Waals surface area (Å²) in [6.07, 6.45) is 5.28. The van der Waals surface area contributed by atoms with Crippen LogP contribution in [0.1, 0.15) is 26.7 Å². The second-order valence-corrected chi connectivity index (χ2v) is 2.72. The summed E-state index contributed by atoms with van der Waals surface area (Å²) < 4.78 is 0. The number of hydrogen-bond donors (Lipinski definition) is 0. The molecule has 0 aromatic rings. The van der Waals surface area contributed by atoms with Crippen LogP contribution in [0.3, 0.4) is 0 Å². The molecule has 0 aromatic carbocycles. The van der Waals surface area contributed by atoms with Crippen molar-refractivity contribution in [3.8, 4) is 0 Å². The van der Waals surface area contributed by atoms with E-state index in [9.17, 15) is 0 Å². The van der Waals surface area contributed by atoms with Crippen molar-refractivity contribution in [1.82, 2.24) is 0 Å². The molecule has 0 heterocycles. The molecular weight excluding hydrogens is 188 g/mol. The minimum absolute atomic E-state index is 0. The Morgan fingerprint density at radius 2 is 1.44 bits per heavy atom. The van der Waals surface area contributed by atoms with Gasteiger partial charge < -0.3 is 23.4 Å². The van der Waals surface area contributed by atoms with Gasteiger partial charge in [-0.2, -0.15) is 11.8 Å². The molecule has 0 bridgehead atoms. The molecular formula is C7H13BrMg. The zero-order valence-corrected chi connectivity index (χ0v) is 9.23. The third kappa shape index (κ3) is 4.62. The summed E-state index contributed by atoms with van der Waals surface area (Å²) in [7, 11) is 0. The maximum atomic E-state index is 2.44. The van der Waals surface area contributed by atoms with E-state index in [2.05, 4.69) is 20.3 Å². The van der Waals surface area contributed by atoms with E-state index < -0.39 is 0 Å². The zero-order valence-electron chi connectivity index (χ0n) is 6.23. The van der Waals surface area contributed by atoms with Crippen molar-refractivity contribution in [2.24, 2.45) is 11.8 Å². The van der Waals surface area contributed by atoms with Gasteiger partial charge in [-0.25, -0.2) is 0 Å². The summed E-state index contributed by atoms with van der Waals surface area (Å²) >= 11 is 0. The average molecular weight is 201 g/mol. The first kappa shape index (κ1) is 12.9. The second kappa shape index (κ2) is 5.99. The van der Waals surface area contributed by atoms with E-state index in [1.807, 2.05) is 0 Å². The fourth-order valence-corrected chi connectivity index (χ4v) is 1.28. The van der Waals surface area contributed by atoms with E-state index >= 15 is 0 Å². The van der Waals surface area contributed by atoms with Gasteiger partial charge in [0.1, 0.15) is 0 Å². The number of rotatable bonds is 0. The monoisotopic (exact) mass is 200 g/mol. The smallest absolute Gasteiger partial charge is 1.00 e. The molecule has 0 aliphatic heterocycles. The molecule has 0 saturated heterocycles. The van der Waals surface area contributed by atoms with Gasteiger partial charge in [0, 0.05) is 0 Å². The van der Waals surface area contributed by atoms with E-state index in [0.717, 1.165) is 11.8 Å². The maximum Gasteiger partial charge on any atom is 2.00 e. The molecule has 2 unspecified atom stereocenters.